The van der Waals surface area contributed by atoms with Crippen molar-refractivity contribution in [2.45, 2.75) is 78.1 Å². The van der Waals surface area contributed by atoms with E-state index in [1.54, 1.807) is 0 Å². The van der Waals surface area contributed by atoms with Crippen molar-refractivity contribution in [2.75, 3.05) is 13.1 Å². The lowest BCUT2D eigenvalue weighted by molar-refractivity contribution is -0.135. The Morgan fingerprint density at radius 3 is 2.52 bits per heavy atom. The second kappa shape index (κ2) is 7.36. The van der Waals surface area contributed by atoms with E-state index in [1.165, 1.54) is 63.6 Å². The summed E-state index contributed by atoms with van der Waals surface area (Å²) in [5.74, 6) is 4.96. The fourth-order valence-corrected chi connectivity index (χ4v) is 8.57. The van der Waals surface area contributed by atoms with E-state index in [-0.39, 0.29) is 5.41 Å². The van der Waals surface area contributed by atoms with Crippen molar-refractivity contribution in [3.63, 3.8) is 0 Å². The summed E-state index contributed by atoms with van der Waals surface area (Å²) in [6.07, 6.45) is 17.4. The summed E-state index contributed by atoms with van der Waals surface area (Å²) in [6.45, 7) is 11.9. The largest absolute Gasteiger partial charge is 0.317 e. The Morgan fingerprint density at radius 2 is 1.72 bits per heavy atom. The van der Waals surface area contributed by atoms with Crippen molar-refractivity contribution in [2.24, 2.45) is 46.3 Å². The number of nitrogens with one attached hydrogen (secondary N) is 1. The molecule has 29 heavy (non-hydrogen) atoms. The van der Waals surface area contributed by atoms with Gasteiger partial charge in [0.05, 0.1) is 0 Å². The highest BCUT2D eigenvalue weighted by atomic mass is 16.1. The number of hydrogen-bond acceptors (Lipinski definition) is 2. The Bertz CT molecular complexity index is 703. The maximum Gasteiger partial charge on any atom is 0.139 e. The molecule has 1 saturated heterocycles. The van der Waals surface area contributed by atoms with Gasteiger partial charge in [-0.2, -0.15) is 0 Å². The summed E-state index contributed by atoms with van der Waals surface area (Å²) in [5.41, 5.74) is 1.93. The van der Waals surface area contributed by atoms with E-state index >= 15 is 0 Å². The second-order valence-corrected chi connectivity index (χ2v) is 11.7. The van der Waals surface area contributed by atoms with Crippen LogP contribution in [0.4, 0.5) is 0 Å². The zero-order chi connectivity index (χ0) is 20.2. The van der Waals surface area contributed by atoms with E-state index in [4.69, 9.17) is 0 Å². The van der Waals surface area contributed by atoms with Crippen molar-refractivity contribution in [1.82, 2.24) is 5.32 Å². The Hall–Kier alpha value is -0.890. The van der Waals surface area contributed by atoms with Gasteiger partial charge in [-0.25, -0.2) is 0 Å². The van der Waals surface area contributed by atoms with Gasteiger partial charge in [0.25, 0.3) is 0 Å². The molecule has 1 heterocycles. The molecule has 0 spiro atoms. The van der Waals surface area contributed by atoms with Gasteiger partial charge in [-0.1, -0.05) is 38.2 Å². The van der Waals surface area contributed by atoms with Gasteiger partial charge in [0.2, 0.25) is 0 Å². The molecule has 0 aromatic heterocycles. The number of carbonyl (C=O) groups excluding carboxylic acids is 1. The van der Waals surface area contributed by atoms with Crippen LogP contribution < -0.4 is 5.32 Å². The van der Waals surface area contributed by atoms with Crippen LogP contribution in [-0.2, 0) is 4.79 Å². The van der Waals surface area contributed by atoms with Crippen LogP contribution in [0, 0.1) is 46.3 Å². The predicted octanol–water partition coefficient (Wildman–Crippen LogP) is 5.94. The maximum atomic E-state index is 12.7. The minimum absolute atomic E-state index is 0.0144. The van der Waals surface area contributed by atoms with Crippen molar-refractivity contribution in [3.05, 3.63) is 24.3 Å². The number of hydrogen-bond donors (Lipinski definition) is 1. The van der Waals surface area contributed by atoms with Gasteiger partial charge < -0.3 is 5.32 Å². The number of rotatable bonds is 2. The van der Waals surface area contributed by atoms with E-state index in [2.05, 4.69) is 37.9 Å². The van der Waals surface area contributed by atoms with Crippen molar-refractivity contribution >= 4 is 5.78 Å². The zero-order valence-corrected chi connectivity index (χ0v) is 18.7. The molecular weight excluding hydrogens is 354 g/mol. The fraction of sp³-hybridized carbons (Fsp3) is 0.815. The first-order valence-electron chi connectivity index (χ1n) is 12.5. The highest BCUT2D eigenvalue weighted by Crippen LogP contribution is 2.66. The zero-order valence-electron chi connectivity index (χ0n) is 18.7. The molecular formula is C27H41NO. The van der Waals surface area contributed by atoms with Gasteiger partial charge in [0.15, 0.2) is 0 Å². The number of Topliss-reactive ketones (excluding diaryl/α,β-unsaturated/α-hetero) is 1. The highest BCUT2D eigenvalue weighted by molar-refractivity contribution is 5.87. The lowest BCUT2D eigenvalue weighted by atomic mass is 9.44. The molecule has 0 aromatic rings. The fourth-order valence-electron chi connectivity index (χ4n) is 8.57. The molecule has 5 rings (SSSR count). The number of fused-ring (bicyclic) bond motifs is 5. The van der Waals surface area contributed by atoms with Crippen LogP contribution >= 0.6 is 0 Å². The number of piperidine rings is 1. The molecule has 5 fully saturated rings. The van der Waals surface area contributed by atoms with Crippen molar-refractivity contribution in [3.8, 4) is 0 Å². The molecule has 2 nitrogen and oxygen atoms in total. The van der Waals surface area contributed by atoms with Crippen LogP contribution in [0.5, 0.6) is 0 Å². The van der Waals surface area contributed by atoms with Crippen LogP contribution in [0.1, 0.15) is 78.1 Å². The third kappa shape index (κ3) is 3.20. The first kappa shape index (κ1) is 20.0. The molecule has 1 unspecified atom stereocenters. The molecule has 1 aliphatic heterocycles. The maximum absolute atomic E-state index is 12.7. The van der Waals surface area contributed by atoms with Crippen LogP contribution in [-0.4, -0.2) is 18.9 Å². The van der Waals surface area contributed by atoms with Crippen molar-refractivity contribution < 1.29 is 4.79 Å². The molecule has 0 aromatic carbocycles. The Labute approximate surface area is 178 Å². The van der Waals surface area contributed by atoms with Crippen LogP contribution in [0.2, 0.25) is 0 Å². The number of carbonyl (C=O) groups is 1. The topological polar surface area (TPSA) is 29.1 Å². The Kier molecular flexibility index (Phi) is 5.09. The quantitative estimate of drug-likeness (QED) is 0.587. The van der Waals surface area contributed by atoms with E-state index < -0.39 is 0 Å². The van der Waals surface area contributed by atoms with Gasteiger partial charge in [-0.05, 0) is 112 Å². The molecule has 4 aliphatic carbocycles. The second-order valence-electron chi connectivity index (χ2n) is 11.7. The van der Waals surface area contributed by atoms with E-state index in [0.717, 1.165) is 42.9 Å². The summed E-state index contributed by atoms with van der Waals surface area (Å²) in [4.78, 5) is 12.7. The van der Waals surface area contributed by atoms with Gasteiger partial charge in [0, 0.05) is 11.8 Å². The molecule has 0 amide bonds. The molecule has 0 bridgehead atoms. The summed E-state index contributed by atoms with van der Waals surface area (Å²) in [6, 6.07) is 0. The van der Waals surface area contributed by atoms with Gasteiger partial charge >= 0.3 is 0 Å². The lowest BCUT2D eigenvalue weighted by Gasteiger charge is -2.60. The molecule has 160 valence electrons. The minimum atomic E-state index is -0.0144. The van der Waals surface area contributed by atoms with Crippen LogP contribution in [0.25, 0.3) is 0 Å². The van der Waals surface area contributed by atoms with E-state index in [9.17, 15) is 4.79 Å². The average molecular weight is 396 g/mol. The normalized spacial score (nSPS) is 48.4. The van der Waals surface area contributed by atoms with E-state index in [1.807, 2.05) is 0 Å². The third-order valence-corrected chi connectivity index (χ3v) is 10.4. The van der Waals surface area contributed by atoms with Crippen LogP contribution in [0.3, 0.4) is 0 Å². The average Bonchev–Trinajstić information content (AvgIpc) is 3.03. The number of ketones is 1. The molecule has 7 atom stereocenters. The summed E-state index contributed by atoms with van der Waals surface area (Å²) in [7, 11) is 0. The molecule has 1 N–H and O–H groups in total. The lowest BCUT2D eigenvalue weighted by Crippen LogP contribution is -2.54. The SMILES string of the molecule is C=C1C[C@@H]2[C@H](CC[C@]3(C)C(=O)CC[C@@H]23)[C@@]2(C)CC[C@@H](C=CC3CCNCC3)CC12. The van der Waals surface area contributed by atoms with Gasteiger partial charge in [-0.15, -0.1) is 0 Å². The molecule has 5 aliphatic rings. The summed E-state index contributed by atoms with van der Waals surface area (Å²) >= 11 is 0. The smallest absolute Gasteiger partial charge is 0.139 e. The molecule has 0 radical (unpaired) electrons. The van der Waals surface area contributed by atoms with E-state index in [0.29, 0.717) is 23.0 Å². The first-order valence-corrected chi connectivity index (χ1v) is 12.5. The monoisotopic (exact) mass is 395 g/mol. The Morgan fingerprint density at radius 1 is 0.966 bits per heavy atom. The molecule has 4 saturated carbocycles. The number of allylic oxidation sites excluding steroid dienone is 3. The molecule has 2 heteroatoms. The third-order valence-electron chi connectivity index (χ3n) is 10.4. The predicted molar refractivity (Wildman–Crippen MR) is 119 cm³/mol. The van der Waals surface area contributed by atoms with Crippen molar-refractivity contribution in [1.29, 1.82) is 0 Å². The Balaban J connectivity index is 1.32. The van der Waals surface area contributed by atoms with Crippen LogP contribution in [0.15, 0.2) is 24.3 Å². The first-order chi connectivity index (χ1) is 13.9. The highest BCUT2D eigenvalue weighted by Gasteiger charge is 2.60. The summed E-state index contributed by atoms with van der Waals surface area (Å²) < 4.78 is 0. The van der Waals surface area contributed by atoms with Gasteiger partial charge in [0.1, 0.15) is 5.78 Å². The standard InChI is InChI=1S/C27H41NO/c1-18-16-21-22-6-7-25(29)27(22,3)13-9-23(21)26(2)12-8-20(17-24(18)26)5-4-19-10-14-28-15-11-19/h4-5,19-24,28H,1,6-17H2,2-3H3/t20-,21+,22+,23+,24?,26-,27+/m1/s1. The summed E-state index contributed by atoms with van der Waals surface area (Å²) in [5, 5.41) is 3.48. The minimum Gasteiger partial charge on any atom is -0.317 e. The van der Waals surface area contributed by atoms with Gasteiger partial charge in [-0.3, -0.25) is 4.79 Å².